The molecule has 92 valence electrons. The van der Waals surface area contributed by atoms with E-state index in [9.17, 15) is 9.59 Å². The number of hydrogen-bond donors (Lipinski definition) is 2. The summed E-state index contributed by atoms with van der Waals surface area (Å²) >= 11 is 0. The lowest BCUT2D eigenvalue weighted by Crippen LogP contribution is -2.27. The maximum atomic E-state index is 11.6. The number of carbonyl (C=O) groups excluding carboxylic acids is 1. The molecule has 2 N–H and O–H groups in total. The summed E-state index contributed by atoms with van der Waals surface area (Å²) < 4.78 is 4.89. The van der Waals surface area contributed by atoms with Crippen molar-refractivity contribution in [1.82, 2.24) is 5.32 Å². The molecule has 1 saturated carbocycles. The van der Waals surface area contributed by atoms with Crippen molar-refractivity contribution >= 4 is 11.9 Å². The van der Waals surface area contributed by atoms with Crippen LogP contribution < -0.4 is 5.32 Å². The standard InChI is InChI=1S/C12H15NO4/c14-11(13-5-4-8-2-1-3-8)10-6-9(7-17-10)12(15)16/h6-8H,1-5H2,(H,13,14)(H,15,16). The van der Waals surface area contributed by atoms with Gasteiger partial charge >= 0.3 is 5.97 Å². The Hall–Kier alpha value is -1.78. The van der Waals surface area contributed by atoms with Gasteiger partial charge < -0.3 is 14.8 Å². The Balaban J connectivity index is 1.79. The van der Waals surface area contributed by atoms with Gasteiger partial charge in [-0.25, -0.2) is 4.79 Å². The van der Waals surface area contributed by atoms with E-state index in [-0.39, 0.29) is 17.2 Å². The molecule has 0 aromatic carbocycles. The van der Waals surface area contributed by atoms with Crippen LogP contribution in [-0.2, 0) is 0 Å². The summed E-state index contributed by atoms with van der Waals surface area (Å²) in [6, 6.07) is 1.24. The van der Waals surface area contributed by atoms with Crippen LogP contribution in [0.4, 0.5) is 0 Å². The summed E-state index contributed by atoms with van der Waals surface area (Å²) in [5.41, 5.74) is -0.00542. The fourth-order valence-corrected chi connectivity index (χ4v) is 1.83. The van der Waals surface area contributed by atoms with Crippen LogP contribution in [0.25, 0.3) is 0 Å². The van der Waals surface area contributed by atoms with E-state index in [2.05, 4.69) is 5.32 Å². The quantitative estimate of drug-likeness (QED) is 0.819. The number of amides is 1. The average molecular weight is 237 g/mol. The lowest BCUT2D eigenvalue weighted by molar-refractivity contribution is 0.0696. The molecule has 1 aromatic rings. The molecule has 0 aliphatic heterocycles. The molecule has 2 rings (SSSR count). The summed E-state index contributed by atoms with van der Waals surface area (Å²) in [5.74, 6) is -0.656. The minimum absolute atomic E-state index is 0.00542. The normalized spacial score (nSPS) is 15.3. The fraction of sp³-hybridized carbons (Fsp3) is 0.500. The first kappa shape index (κ1) is 11.7. The molecule has 0 spiro atoms. The highest BCUT2D eigenvalue weighted by Gasteiger charge is 2.18. The zero-order chi connectivity index (χ0) is 12.3. The number of aromatic carboxylic acids is 1. The Kier molecular flexibility index (Phi) is 3.46. The van der Waals surface area contributed by atoms with E-state index >= 15 is 0 Å². The first-order valence-corrected chi connectivity index (χ1v) is 5.77. The minimum Gasteiger partial charge on any atom is -0.478 e. The van der Waals surface area contributed by atoms with Crippen molar-refractivity contribution in [3.05, 3.63) is 23.7 Å². The predicted octanol–water partition coefficient (Wildman–Crippen LogP) is 1.90. The Bertz CT molecular complexity index is 420. The highest BCUT2D eigenvalue weighted by Crippen LogP contribution is 2.28. The van der Waals surface area contributed by atoms with Crippen molar-refractivity contribution in [2.45, 2.75) is 25.7 Å². The number of carboxylic acids is 1. The van der Waals surface area contributed by atoms with Gasteiger partial charge in [0.1, 0.15) is 6.26 Å². The summed E-state index contributed by atoms with van der Waals surface area (Å²) in [6.07, 6.45) is 5.85. The fourth-order valence-electron chi connectivity index (χ4n) is 1.83. The summed E-state index contributed by atoms with van der Waals surface area (Å²) in [5, 5.41) is 11.4. The maximum Gasteiger partial charge on any atom is 0.338 e. The van der Waals surface area contributed by atoms with Crippen molar-refractivity contribution in [3.63, 3.8) is 0 Å². The summed E-state index contributed by atoms with van der Waals surface area (Å²) in [6.45, 7) is 0.618. The van der Waals surface area contributed by atoms with Crippen molar-refractivity contribution in [2.24, 2.45) is 5.92 Å². The second kappa shape index (κ2) is 5.03. The van der Waals surface area contributed by atoms with E-state index in [0.29, 0.717) is 6.54 Å². The van der Waals surface area contributed by atoms with Gasteiger partial charge in [0.05, 0.1) is 5.56 Å². The molecular weight excluding hydrogens is 222 g/mol. The molecule has 0 unspecified atom stereocenters. The summed E-state index contributed by atoms with van der Waals surface area (Å²) in [7, 11) is 0. The predicted molar refractivity (Wildman–Crippen MR) is 60.0 cm³/mol. The molecule has 0 radical (unpaired) electrons. The Labute approximate surface area is 98.8 Å². The van der Waals surface area contributed by atoms with E-state index in [1.165, 1.54) is 25.3 Å². The van der Waals surface area contributed by atoms with Gasteiger partial charge in [-0.15, -0.1) is 0 Å². The first-order valence-electron chi connectivity index (χ1n) is 5.77. The number of nitrogens with one attached hydrogen (secondary N) is 1. The van der Waals surface area contributed by atoms with Gasteiger partial charge in [-0.05, 0) is 12.3 Å². The smallest absolute Gasteiger partial charge is 0.338 e. The molecule has 1 aromatic heterocycles. The number of hydrogen-bond acceptors (Lipinski definition) is 3. The van der Waals surface area contributed by atoms with Gasteiger partial charge in [0.15, 0.2) is 5.76 Å². The Morgan fingerprint density at radius 2 is 2.24 bits per heavy atom. The third-order valence-corrected chi connectivity index (χ3v) is 3.13. The van der Waals surface area contributed by atoms with Crippen LogP contribution >= 0.6 is 0 Å². The van der Waals surface area contributed by atoms with Crippen LogP contribution in [-0.4, -0.2) is 23.5 Å². The van der Waals surface area contributed by atoms with Crippen molar-refractivity contribution in [2.75, 3.05) is 6.54 Å². The van der Waals surface area contributed by atoms with E-state index in [4.69, 9.17) is 9.52 Å². The highest BCUT2D eigenvalue weighted by molar-refractivity contribution is 5.95. The van der Waals surface area contributed by atoms with E-state index < -0.39 is 5.97 Å². The van der Waals surface area contributed by atoms with Gasteiger partial charge in [-0.1, -0.05) is 19.3 Å². The van der Waals surface area contributed by atoms with Crippen LogP contribution in [0.3, 0.4) is 0 Å². The van der Waals surface area contributed by atoms with Gasteiger partial charge in [0.25, 0.3) is 5.91 Å². The zero-order valence-electron chi connectivity index (χ0n) is 9.44. The molecular formula is C12H15NO4. The number of furan rings is 1. The Morgan fingerprint density at radius 1 is 1.47 bits per heavy atom. The molecule has 5 nitrogen and oxygen atoms in total. The minimum atomic E-state index is -1.10. The zero-order valence-corrected chi connectivity index (χ0v) is 9.44. The topological polar surface area (TPSA) is 79.5 Å². The van der Waals surface area contributed by atoms with E-state index in [0.717, 1.165) is 18.6 Å². The van der Waals surface area contributed by atoms with Crippen molar-refractivity contribution in [1.29, 1.82) is 0 Å². The van der Waals surface area contributed by atoms with E-state index in [1.807, 2.05) is 0 Å². The molecule has 1 fully saturated rings. The highest BCUT2D eigenvalue weighted by atomic mass is 16.4. The van der Waals surface area contributed by atoms with Gasteiger partial charge in [-0.3, -0.25) is 4.79 Å². The van der Waals surface area contributed by atoms with Crippen molar-refractivity contribution < 1.29 is 19.1 Å². The average Bonchev–Trinajstić information content (AvgIpc) is 2.70. The SMILES string of the molecule is O=C(O)c1coc(C(=O)NCCC2CCC2)c1. The van der Waals surface area contributed by atoms with Crippen molar-refractivity contribution in [3.8, 4) is 0 Å². The molecule has 5 heteroatoms. The lowest BCUT2D eigenvalue weighted by Gasteiger charge is -2.24. The van der Waals surface area contributed by atoms with Crippen LogP contribution in [0.2, 0.25) is 0 Å². The second-order valence-electron chi connectivity index (χ2n) is 4.35. The third-order valence-electron chi connectivity index (χ3n) is 3.13. The van der Waals surface area contributed by atoms with E-state index in [1.54, 1.807) is 0 Å². The van der Waals surface area contributed by atoms with Crippen LogP contribution in [0.15, 0.2) is 16.7 Å². The molecule has 1 heterocycles. The molecule has 1 aliphatic rings. The second-order valence-corrected chi connectivity index (χ2v) is 4.35. The molecule has 17 heavy (non-hydrogen) atoms. The number of carbonyl (C=O) groups is 2. The molecule has 0 atom stereocenters. The van der Waals surface area contributed by atoms with Gasteiger partial charge in [-0.2, -0.15) is 0 Å². The maximum absolute atomic E-state index is 11.6. The van der Waals surface area contributed by atoms with Gasteiger partial charge in [0.2, 0.25) is 0 Å². The van der Waals surface area contributed by atoms with Gasteiger partial charge in [0, 0.05) is 12.6 Å². The van der Waals surface area contributed by atoms with Crippen LogP contribution in [0.5, 0.6) is 0 Å². The molecule has 1 aliphatic carbocycles. The first-order chi connectivity index (χ1) is 8.16. The lowest BCUT2D eigenvalue weighted by atomic mass is 9.83. The monoisotopic (exact) mass is 237 g/mol. The largest absolute Gasteiger partial charge is 0.478 e. The van der Waals surface area contributed by atoms with Crippen LogP contribution in [0.1, 0.15) is 46.6 Å². The molecule has 0 bridgehead atoms. The summed E-state index contributed by atoms with van der Waals surface area (Å²) in [4.78, 5) is 22.2. The Morgan fingerprint density at radius 3 is 2.76 bits per heavy atom. The third kappa shape index (κ3) is 2.87. The number of rotatable bonds is 5. The van der Waals surface area contributed by atoms with Crippen LogP contribution in [0, 0.1) is 5.92 Å². The number of carboxylic acid groups (broad SMARTS) is 1. The molecule has 1 amide bonds. The molecule has 0 saturated heterocycles.